The summed E-state index contributed by atoms with van der Waals surface area (Å²) in [5, 5.41) is 3.02. The van der Waals surface area contributed by atoms with Crippen LogP contribution in [0.15, 0.2) is 54.6 Å². The van der Waals surface area contributed by atoms with E-state index < -0.39 is 0 Å². The molecule has 0 saturated carbocycles. The molecule has 1 saturated heterocycles. The van der Waals surface area contributed by atoms with Gasteiger partial charge in [-0.15, -0.1) is 0 Å². The number of nitrogens with one attached hydrogen (secondary N) is 1. The molecule has 1 heterocycles. The molecule has 1 atom stereocenters. The Morgan fingerprint density at radius 3 is 2.38 bits per heavy atom. The number of rotatable bonds is 3. The molecule has 1 aliphatic heterocycles. The molecule has 2 amide bonds. The van der Waals surface area contributed by atoms with Crippen molar-refractivity contribution in [1.29, 1.82) is 0 Å². The second-order valence-electron chi connectivity index (χ2n) is 6.22. The Hall–Kier alpha value is -2.62. The summed E-state index contributed by atoms with van der Waals surface area (Å²) in [6.07, 6.45) is 2.52. The fourth-order valence-electron chi connectivity index (χ4n) is 3.01. The van der Waals surface area contributed by atoms with E-state index in [9.17, 15) is 9.59 Å². The molecule has 0 bridgehead atoms. The Bertz CT molecular complexity index is 710. The zero-order valence-corrected chi connectivity index (χ0v) is 13.9. The number of hydrogen-bond acceptors (Lipinski definition) is 2. The van der Waals surface area contributed by atoms with Crippen molar-refractivity contribution in [3.63, 3.8) is 0 Å². The first kappa shape index (κ1) is 16.2. The van der Waals surface area contributed by atoms with E-state index in [2.05, 4.69) is 5.32 Å². The highest BCUT2D eigenvalue weighted by atomic mass is 16.2. The molecule has 4 heteroatoms. The highest BCUT2D eigenvalue weighted by Gasteiger charge is 2.28. The summed E-state index contributed by atoms with van der Waals surface area (Å²) in [5.41, 5.74) is 2.40. The summed E-state index contributed by atoms with van der Waals surface area (Å²) >= 11 is 0. The summed E-state index contributed by atoms with van der Waals surface area (Å²) in [7, 11) is 0. The van der Waals surface area contributed by atoms with Crippen molar-refractivity contribution in [3.05, 3.63) is 71.3 Å². The van der Waals surface area contributed by atoms with Crippen LogP contribution in [-0.4, -0.2) is 29.4 Å². The van der Waals surface area contributed by atoms with Gasteiger partial charge < -0.3 is 10.2 Å². The normalized spacial score (nSPS) is 17.4. The molecule has 4 nitrogen and oxygen atoms in total. The van der Waals surface area contributed by atoms with Crippen LogP contribution in [0, 0.1) is 6.92 Å². The van der Waals surface area contributed by atoms with Crippen molar-refractivity contribution in [2.75, 3.05) is 6.54 Å². The highest BCUT2D eigenvalue weighted by molar-refractivity contribution is 5.96. The molecule has 2 aromatic carbocycles. The maximum absolute atomic E-state index is 12.7. The molecule has 24 heavy (non-hydrogen) atoms. The summed E-state index contributed by atoms with van der Waals surface area (Å²) in [6.45, 7) is 2.66. The number of hydrogen-bond donors (Lipinski definition) is 1. The Kier molecular flexibility index (Phi) is 4.94. The van der Waals surface area contributed by atoms with Crippen LogP contribution >= 0.6 is 0 Å². The average Bonchev–Trinajstić information content (AvgIpc) is 2.63. The van der Waals surface area contributed by atoms with E-state index in [0.29, 0.717) is 17.7 Å². The van der Waals surface area contributed by atoms with Crippen molar-refractivity contribution in [2.24, 2.45) is 0 Å². The molecule has 2 aromatic rings. The molecule has 1 aliphatic rings. The lowest BCUT2D eigenvalue weighted by atomic mass is 10.0. The zero-order valence-electron chi connectivity index (χ0n) is 13.9. The predicted octanol–water partition coefficient (Wildman–Crippen LogP) is 3.38. The summed E-state index contributed by atoms with van der Waals surface area (Å²) < 4.78 is 0. The molecule has 0 radical (unpaired) electrons. The quantitative estimate of drug-likeness (QED) is 0.942. The van der Waals surface area contributed by atoms with Gasteiger partial charge in [0.05, 0.1) is 0 Å². The van der Waals surface area contributed by atoms with Gasteiger partial charge in [-0.2, -0.15) is 0 Å². The summed E-state index contributed by atoms with van der Waals surface area (Å²) in [6, 6.07) is 16.7. The van der Waals surface area contributed by atoms with Gasteiger partial charge in [0.1, 0.15) is 6.17 Å². The predicted molar refractivity (Wildman–Crippen MR) is 93.8 cm³/mol. The van der Waals surface area contributed by atoms with Crippen molar-refractivity contribution in [3.8, 4) is 0 Å². The lowest BCUT2D eigenvalue weighted by Crippen LogP contribution is -2.53. The first-order valence-electron chi connectivity index (χ1n) is 8.39. The van der Waals surface area contributed by atoms with Crippen molar-refractivity contribution < 1.29 is 9.59 Å². The molecule has 124 valence electrons. The largest absolute Gasteiger partial charge is 0.332 e. The SMILES string of the molecule is Cc1ccc(C(=O)N[C@H]2CCCCN2C(=O)c2ccccc2)cc1. The van der Waals surface area contributed by atoms with Gasteiger partial charge in [-0.3, -0.25) is 9.59 Å². The fraction of sp³-hybridized carbons (Fsp3) is 0.300. The van der Waals surface area contributed by atoms with Crippen molar-refractivity contribution in [1.82, 2.24) is 10.2 Å². The van der Waals surface area contributed by atoms with Gasteiger partial charge in [-0.25, -0.2) is 0 Å². The molecule has 0 aromatic heterocycles. The third-order valence-corrected chi connectivity index (χ3v) is 4.40. The van der Waals surface area contributed by atoms with Crippen LogP contribution in [0.5, 0.6) is 0 Å². The van der Waals surface area contributed by atoms with Crippen LogP contribution in [0.1, 0.15) is 45.5 Å². The smallest absolute Gasteiger partial charge is 0.255 e. The Morgan fingerprint density at radius 2 is 1.67 bits per heavy atom. The van der Waals surface area contributed by atoms with Gasteiger partial charge in [-0.1, -0.05) is 35.9 Å². The number of benzene rings is 2. The van der Waals surface area contributed by atoms with Crippen LogP contribution in [0.4, 0.5) is 0 Å². The maximum Gasteiger partial charge on any atom is 0.255 e. The third kappa shape index (κ3) is 3.65. The molecular weight excluding hydrogens is 300 g/mol. The van der Waals surface area contributed by atoms with Crippen LogP contribution in [0.3, 0.4) is 0 Å². The molecular formula is C20H22N2O2. The van der Waals surface area contributed by atoms with Crippen molar-refractivity contribution >= 4 is 11.8 Å². The molecule has 1 N–H and O–H groups in total. The van der Waals surface area contributed by atoms with E-state index in [1.54, 1.807) is 4.90 Å². The second kappa shape index (κ2) is 7.30. The molecule has 0 aliphatic carbocycles. The van der Waals surface area contributed by atoms with E-state index >= 15 is 0 Å². The van der Waals surface area contributed by atoms with Crippen LogP contribution in [0.25, 0.3) is 0 Å². The van der Waals surface area contributed by atoms with Crippen LogP contribution < -0.4 is 5.32 Å². The topological polar surface area (TPSA) is 49.4 Å². The van der Waals surface area contributed by atoms with Gasteiger partial charge in [0.25, 0.3) is 11.8 Å². The number of carbonyl (C=O) groups excluding carboxylic acids is 2. The number of likely N-dealkylation sites (tertiary alicyclic amines) is 1. The minimum atomic E-state index is -0.250. The van der Waals surface area contributed by atoms with Crippen LogP contribution in [-0.2, 0) is 0 Å². The number of nitrogens with zero attached hydrogens (tertiary/aromatic N) is 1. The average molecular weight is 322 g/mol. The number of piperidine rings is 1. The van der Waals surface area contributed by atoms with E-state index in [1.165, 1.54) is 0 Å². The lowest BCUT2D eigenvalue weighted by molar-refractivity contribution is 0.0539. The first-order valence-corrected chi connectivity index (χ1v) is 8.39. The number of aryl methyl sites for hydroxylation is 1. The minimum absolute atomic E-state index is 0.0236. The Labute approximate surface area is 142 Å². The zero-order chi connectivity index (χ0) is 16.9. The monoisotopic (exact) mass is 322 g/mol. The van der Waals surface area contributed by atoms with Gasteiger partial charge >= 0.3 is 0 Å². The molecule has 3 rings (SSSR count). The van der Waals surface area contributed by atoms with E-state index in [4.69, 9.17) is 0 Å². The van der Waals surface area contributed by atoms with Crippen LogP contribution in [0.2, 0.25) is 0 Å². The Morgan fingerprint density at radius 1 is 0.958 bits per heavy atom. The van der Waals surface area contributed by atoms with Gasteiger partial charge in [-0.05, 0) is 50.5 Å². The number of carbonyl (C=O) groups is 2. The lowest BCUT2D eigenvalue weighted by Gasteiger charge is -2.36. The van der Waals surface area contributed by atoms with E-state index in [0.717, 1.165) is 24.8 Å². The molecule has 0 unspecified atom stereocenters. The second-order valence-corrected chi connectivity index (χ2v) is 6.22. The fourth-order valence-corrected chi connectivity index (χ4v) is 3.01. The Balaban J connectivity index is 1.74. The standard InChI is InChI=1S/C20H22N2O2/c1-15-10-12-16(13-11-15)19(23)21-18-9-5-6-14-22(18)20(24)17-7-3-2-4-8-17/h2-4,7-8,10-13,18H,5-6,9,14H2,1H3,(H,21,23)/t18-/m1/s1. The van der Waals surface area contributed by atoms with E-state index in [1.807, 2.05) is 61.5 Å². The highest BCUT2D eigenvalue weighted by Crippen LogP contribution is 2.18. The number of amides is 2. The van der Waals surface area contributed by atoms with Crippen molar-refractivity contribution in [2.45, 2.75) is 32.4 Å². The van der Waals surface area contributed by atoms with Gasteiger partial charge in [0, 0.05) is 17.7 Å². The molecule has 0 spiro atoms. The summed E-state index contributed by atoms with van der Waals surface area (Å²) in [4.78, 5) is 27.0. The summed E-state index contributed by atoms with van der Waals surface area (Å²) in [5.74, 6) is -0.155. The van der Waals surface area contributed by atoms with Gasteiger partial charge in [0.15, 0.2) is 0 Å². The van der Waals surface area contributed by atoms with E-state index in [-0.39, 0.29) is 18.0 Å². The van der Waals surface area contributed by atoms with Gasteiger partial charge in [0.2, 0.25) is 0 Å². The third-order valence-electron chi connectivity index (χ3n) is 4.40. The molecule has 1 fully saturated rings. The first-order chi connectivity index (χ1) is 11.6. The minimum Gasteiger partial charge on any atom is -0.332 e. The maximum atomic E-state index is 12.7.